The van der Waals surface area contributed by atoms with E-state index in [2.05, 4.69) is 31.1 Å². The zero-order chi connectivity index (χ0) is 11.7. The van der Waals surface area contributed by atoms with Crippen LogP contribution < -0.4 is 5.73 Å². The second-order valence-corrected chi connectivity index (χ2v) is 4.68. The van der Waals surface area contributed by atoms with Crippen molar-refractivity contribution in [2.75, 3.05) is 0 Å². The molecule has 16 heavy (non-hydrogen) atoms. The van der Waals surface area contributed by atoms with Crippen LogP contribution in [0.5, 0.6) is 0 Å². The highest BCUT2D eigenvalue weighted by Crippen LogP contribution is 2.24. The van der Waals surface area contributed by atoms with Gasteiger partial charge in [-0.3, -0.25) is 4.68 Å². The molecule has 0 atom stereocenters. The van der Waals surface area contributed by atoms with Gasteiger partial charge in [-0.1, -0.05) is 26.0 Å². The van der Waals surface area contributed by atoms with Crippen LogP contribution in [0.15, 0.2) is 18.2 Å². The van der Waals surface area contributed by atoms with Gasteiger partial charge in [0.15, 0.2) is 0 Å². The Bertz CT molecular complexity index is 497. The van der Waals surface area contributed by atoms with Crippen LogP contribution in [-0.2, 0) is 20.0 Å². The van der Waals surface area contributed by atoms with E-state index in [1.54, 1.807) is 0 Å². The summed E-state index contributed by atoms with van der Waals surface area (Å²) >= 11 is 0. The Balaban J connectivity index is 2.65. The lowest BCUT2D eigenvalue weighted by Gasteiger charge is -2.07. The molecule has 1 aromatic carbocycles. The molecule has 0 saturated carbocycles. The van der Waals surface area contributed by atoms with Gasteiger partial charge in [-0.2, -0.15) is 5.10 Å². The molecular formula is C13H19N3. The highest BCUT2D eigenvalue weighted by Gasteiger charge is 2.12. The fourth-order valence-corrected chi connectivity index (χ4v) is 2.18. The molecule has 0 aliphatic rings. The summed E-state index contributed by atoms with van der Waals surface area (Å²) in [6.45, 7) is 5.03. The first-order valence-corrected chi connectivity index (χ1v) is 5.77. The topological polar surface area (TPSA) is 43.8 Å². The van der Waals surface area contributed by atoms with Gasteiger partial charge in [0, 0.05) is 24.7 Å². The summed E-state index contributed by atoms with van der Waals surface area (Å²) in [6, 6.07) is 6.17. The Morgan fingerprint density at radius 1 is 1.38 bits per heavy atom. The summed E-state index contributed by atoms with van der Waals surface area (Å²) in [4.78, 5) is 0. The zero-order valence-corrected chi connectivity index (χ0v) is 10.2. The van der Waals surface area contributed by atoms with E-state index < -0.39 is 0 Å². The lowest BCUT2D eigenvalue weighted by molar-refractivity contribution is 0.599. The minimum absolute atomic E-state index is 0.578. The van der Waals surface area contributed by atoms with Crippen LogP contribution in [-0.4, -0.2) is 9.78 Å². The van der Waals surface area contributed by atoms with E-state index in [9.17, 15) is 0 Å². The Labute approximate surface area is 96.2 Å². The van der Waals surface area contributed by atoms with Crippen molar-refractivity contribution in [3.8, 4) is 0 Å². The molecule has 1 aromatic heterocycles. The molecule has 0 aliphatic heterocycles. The van der Waals surface area contributed by atoms with E-state index in [1.165, 1.54) is 16.6 Å². The first-order chi connectivity index (χ1) is 7.63. The van der Waals surface area contributed by atoms with E-state index in [0.717, 1.165) is 11.9 Å². The quantitative estimate of drug-likeness (QED) is 0.856. The number of nitrogens with two attached hydrogens (primary N) is 1. The number of aromatic nitrogens is 2. The van der Waals surface area contributed by atoms with Crippen LogP contribution >= 0.6 is 0 Å². The van der Waals surface area contributed by atoms with Crippen molar-refractivity contribution < 1.29 is 0 Å². The molecule has 3 nitrogen and oxygen atoms in total. The van der Waals surface area contributed by atoms with Crippen molar-refractivity contribution in [2.24, 2.45) is 18.7 Å². The number of nitrogens with zero attached hydrogens (tertiary/aromatic N) is 2. The third kappa shape index (κ3) is 1.83. The average Bonchev–Trinajstić information content (AvgIpc) is 2.54. The van der Waals surface area contributed by atoms with Gasteiger partial charge in [-0.15, -0.1) is 0 Å². The largest absolute Gasteiger partial charge is 0.326 e. The Morgan fingerprint density at radius 3 is 2.75 bits per heavy atom. The van der Waals surface area contributed by atoms with Crippen molar-refractivity contribution in [3.63, 3.8) is 0 Å². The minimum atomic E-state index is 0.578. The molecule has 0 spiro atoms. The molecule has 86 valence electrons. The molecule has 0 unspecified atom stereocenters. The fourth-order valence-electron chi connectivity index (χ4n) is 2.18. The van der Waals surface area contributed by atoms with Crippen LogP contribution in [0.1, 0.15) is 25.1 Å². The average molecular weight is 217 g/mol. The van der Waals surface area contributed by atoms with E-state index in [0.29, 0.717) is 12.5 Å². The molecule has 2 rings (SSSR count). The molecule has 0 amide bonds. The van der Waals surface area contributed by atoms with Crippen molar-refractivity contribution >= 4 is 10.9 Å². The maximum atomic E-state index is 5.79. The SMILES string of the molecule is CC(C)Cc1c2c(CN)cccc2nn1C. The van der Waals surface area contributed by atoms with Crippen LogP contribution in [0.4, 0.5) is 0 Å². The summed E-state index contributed by atoms with van der Waals surface area (Å²) in [5.41, 5.74) is 9.34. The standard InChI is InChI=1S/C13H19N3/c1-9(2)7-12-13-10(8-14)5-4-6-11(13)15-16(12)3/h4-6,9H,7-8,14H2,1-3H3. The van der Waals surface area contributed by atoms with Gasteiger partial charge in [0.05, 0.1) is 5.52 Å². The van der Waals surface area contributed by atoms with Gasteiger partial charge >= 0.3 is 0 Å². The number of fused-ring (bicyclic) bond motifs is 1. The molecular weight excluding hydrogens is 198 g/mol. The van der Waals surface area contributed by atoms with Crippen molar-refractivity contribution in [2.45, 2.75) is 26.8 Å². The first kappa shape index (κ1) is 11.1. The molecule has 2 N–H and O–H groups in total. The fraction of sp³-hybridized carbons (Fsp3) is 0.462. The van der Waals surface area contributed by atoms with E-state index in [1.807, 2.05) is 17.8 Å². The Kier molecular flexibility index (Phi) is 2.97. The highest BCUT2D eigenvalue weighted by molar-refractivity contribution is 5.85. The van der Waals surface area contributed by atoms with Gasteiger partial charge in [0.2, 0.25) is 0 Å². The first-order valence-electron chi connectivity index (χ1n) is 5.77. The molecule has 0 fully saturated rings. The number of benzene rings is 1. The Morgan fingerprint density at radius 2 is 2.12 bits per heavy atom. The van der Waals surface area contributed by atoms with Crippen LogP contribution in [0.25, 0.3) is 10.9 Å². The monoisotopic (exact) mass is 217 g/mol. The van der Waals surface area contributed by atoms with Gasteiger partial charge in [0.1, 0.15) is 0 Å². The minimum Gasteiger partial charge on any atom is -0.326 e. The number of aryl methyl sites for hydroxylation is 1. The molecule has 0 saturated heterocycles. The van der Waals surface area contributed by atoms with Crippen LogP contribution in [0.3, 0.4) is 0 Å². The zero-order valence-electron chi connectivity index (χ0n) is 10.2. The summed E-state index contributed by atoms with van der Waals surface area (Å²) < 4.78 is 1.99. The van der Waals surface area contributed by atoms with Crippen molar-refractivity contribution in [3.05, 3.63) is 29.5 Å². The normalized spacial score (nSPS) is 11.6. The highest BCUT2D eigenvalue weighted by atomic mass is 15.3. The van der Waals surface area contributed by atoms with Crippen LogP contribution in [0.2, 0.25) is 0 Å². The maximum Gasteiger partial charge on any atom is 0.0929 e. The van der Waals surface area contributed by atoms with Gasteiger partial charge < -0.3 is 5.73 Å². The van der Waals surface area contributed by atoms with E-state index in [4.69, 9.17) is 5.73 Å². The van der Waals surface area contributed by atoms with Crippen molar-refractivity contribution in [1.82, 2.24) is 9.78 Å². The molecule has 0 radical (unpaired) electrons. The Hall–Kier alpha value is -1.35. The van der Waals surface area contributed by atoms with Crippen LogP contribution in [0, 0.1) is 5.92 Å². The van der Waals surface area contributed by atoms with Gasteiger partial charge in [-0.05, 0) is 24.0 Å². The lowest BCUT2D eigenvalue weighted by atomic mass is 10.0. The van der Waals surface area contributed by atoms with Gasteiger partial charge in [0.25, 0.3) is 0 Å². The molecule has 1 heterocycles. The number of hydrogen-bond acceptors (Lipinski definition) is 2. The smallest absolute Gasteiger partial charge is 0.0929 e. The third-order valence-electron chi connectivity index (χ3n) is 2.89. The third-order valence-corrected chi connectivity index (χ3v) is 2.89. The molecule has 3 heteroatoms. The van der Waals surface area contributed by atoms with Crippen molar-refractivity contribution in [1.29, 1.82) is 0 Å². The molecule has 0 aliphatic carbocycles. The summed E-state index contributed by atoms with van der Waals surface area (Å²) in [6.07, 6.45) is 1.05. The second-order valence-electron chi connectivity index (χ2n) is 4.68. The second kappa shape index (κ2) is 4.26. The maximum absolute atomic E-state index is 5.79. The van der Waals surface area contributed by atoms with Gasteiger partial charge in [-0.25, -0.2) is 0 Å². The van der Waals surface area contributed by atoms with E-state index in [-0.39, 0.29) is 0 Å². The lowest BCUT2D eigenvalue weighted by Crippen LogP contribution is -2.04. The predicted octanol–water partition coefficient (Wildman–Crippen LogP) is 2.23. The summed E-state index contributed by atoms with van der Waals surface area (Å²) in [5, 5.41) is 5.79. The summed E-state index contributed by atoms with van der Waals surface area (Å²) in [7, 11) is 2.01. The van der Waals surface area contributed by atoms with E-state index >= 15 is 0 Å². The molecule has 0 bridgehead atoms. The molecule has 2 aromatic rings. The number of rotatable bonds is 3. The summed E-state index contributed by atoms with van der Waals surface area (Å²) in [5.74, 6) is 0.629. The number of hydrogen-bond donors (Lipinski definition) is 1. The predicted molar refractivity (Wildman–Crippen MR) is 67.1 cm³/mol.